The number of halogens is 5. The highest BCUT2D eigenvalue weighted by atomic mass is 35.5. The van der Waals surface area contributed by atoms with Gasteiger partial charge in [0, 0.05) is 19.0 Å². The number of benzene rings is 1. The molecule has 0 fully saturated rings. The quantitative estimate of drug-likeness (QED) is 0.672. The van der Waals surface area contributed by atoms with Gasteiger partial charge in [-0.05, 0) is 25.6 Å². The van der Waals surface area contributed by atoms with Gasteiger partial charge in [-0.3, -0.25) is 9.69 Å². The zero-order valence-electron chi connectivity index (χ0n) is 13.4. The van der Waals surface area contributed by atoms with Gasteiger partial charge < -0.3 is 11.1 Å². The SMILES string of the molecule is CN(CCCNC(=O)CC(N)c1ccccc1)CC(F)(F)F.Cl.Cl. The molecule has 0 saturated carbocycles. The van der Waals surface area contributed by atoms with Crippen molar-refractivity contribution in [3.05, 3.63) is 35.9 Å². The second-order valence-electron chi connectivity index (χ2n) is 5.28. The number of nitrogens with zero attached hydrogens (tertiary/aromatic N) is 1. The van der Waals surface area contributed by atoms with Crippen LogP contribution in [0.25, 0.3) is 0 Å². The Labute approximate surface area is 152 Å². The van der Waals surface area contributed by atoms with E-state index in [9.17, 15) is 18.0 Å². The molecule has 0 aliphatic rings. The Bertz CT molecular complexity index is 461. The maximum atomic E-state index is 12.1. The minimum atomic E-state index is -4.19. The van der Waals surface area contributed by atoms with Crippen molar-refractivity contribution >= 4 is 30.7 Å². The number of rotatable bonds is 8. The summed E-state index contributed by atoms with van der Waals surface area (Å²) in [4.78, 5) is 12.9. The lowest BCUT2D eigenvalue weighted by Crippen LogP contribution is -2.34. The number of nitrogens with one attached hydrogen (secondary N) is 1. The molecular weight excluding hydrogens is 366 g/mol. The Balaban J connectivity index is 0. The number of nitrogens with two attached hydrogens (primary N) is 1. The Morgan fingerprint density at radius 1 is 1.25 bits per heavy atom. The first-order valence-electron chi connectivity index (χ1n) is 7.10. The van der Waals surface area contributed by atoms with Gasteiger partial charge in [0.1, 0.15) is 0 Å². The highest BCUT2D eigenvalue weighted by molar-refractivity contribution is 5.85. The smallest absolute Gasteiger partial charge is 0.356 e. The second kappa shape index (κ2) is 12.4. The molecule has 0 heterocycles. The van der Waals surface area contributed by atoms with E-state index >= 15 is 0 Å². The van der Waals surface area contributed by atoms with E-state index in [1.165, 1.54) is 11.9 Å². The van der Waals surface area contributed by atoms with Crippen LogP contribution in [0.1, 0.15) is 24.4 Å². The van der Waals surface area contributed by atoms with Gasteiger partial charge in [-0.1, -0.05) is 30.3 Å². The number of alkyl halides is 3. The largest absolute Gasteiger partial charge is 0.401 e. The average Bonchev–Trinajstić information content (AvgIpc) is 2.42. The van der Waals surface area contributed by atoms with Crippen molar-refractivity contribution < 1.29 is 18.0 Å². The molecule has 3 N–H and O–H groups in total. The lowest BCUT2D eigenvalue weighted by Gasteiger charge is -2.18. The van der Waals surface area contributed by atoms with E-state index in [4.69, 9.17) is 5.73 Å². The fourth-order valence-electron chi connectivity index (χ4n) is 2.05. The summed E-state index contributed by atoms with van der Waals surface area (Å²) in [6.07, 6.45) is -3.58. The van der Waals surface area contributed by atoms with Gasteiger partial charge in [-0.25, -0.2) is 0 Å². The van der Waals surface area contributed by atoms with Crippen molar-refractivity contribution in [3.63, 3.8) is 0 Å². The van der Waals surface area contributed by atoms with Crippen molar-refractivity contribution in [1.29, 1.82) is 0 Å². The van der Waals surface area contributed by atoms with Gasteiger partial charge in [-0.2, -0.15) is 13.2 Å². The zero-order chi connectivity index (χ0) is 16.6. The first kappa shape index (κ1) is 25.2. The molecule has 1 atom stereocenters. The minimum absolute atomic E-state index is 0. The molecule has 1 amide bonds. The van der Waals surface area contributed by atoms with E-state index in [-0.39, 0.29) is 49.7 Å². The zero-order valence-corrected chi connectivity index (χ0v) is 15.0. The van der Waals surface area contributed by atoms with Crippen LogP contribution >= 0.6 is 24.8 Å². The van der Waals surface area contributed by atoms with E-state index in [1.807, 2.05) is 30.3 Å². The molecule has 0 aliphatic carbocycles. The van der Waals surface area contributed by atoms with Crippen LogP contribution in [0.2, 0.25) is 0 Å². The van der Waals surface area contributed by atoms with Gasteiger partial charge in [0.05, 0.1) is 6.54 Å². The third kappa shape index (κ3) is 11.5. The summed E-state index contributed by atoms with van der Waals surface area (Å²) in [5.41, 5.74) is 6.80. The normalized spacial score (nSPS) is 12.1. The van der Waals surface area contributed by atoms with Gasteiger partial charge in [-0.15, -0.1) is 24.8 Å². The summed E-state index contributed by atoms with van der Waals surface area (Å²) in [7, 11) is 1.40. The predicted octanol–water partition coefficient (Wildman–Crippen LogP) is 2.92. The van der Waals surface area contributed by atoms with Crippen LogP contribution < -0.4 is 11.1 Å². The maximum Gasteiger partial charge on any atom is 0.401 e. The molecule has 0 aromatic heterocycles. The van der Waals surface area contributed by atoms with Crippen LogP contribution in [0.4, 0.5) is 13.2 Å². The third-order valence-electron chi connectivity index (χ3n) is 3.12. The van der Waals surface area contributed by atoms with Crippen molar-refractivity contribution in [2.24, 2.45) is 5.73 Å². The van der Waals surface area contributed by atoms with Gasteiger partial charge in [0.15, 0.2) is 0 Å². The first-order valence-corrected chi connectivity index (χ1v) is 7.10. The van der Waals surface area contributed by atoms with Crippen molar-refractivity contribution in [3.8, 4) is 0 Å². The monoisotopic (exact) mass is 389 g/mol. The molecule has 1 rings (SSSR count). The molecule has 140 valence electrons. The number of amides is 1. The Hall–Kier alpha value is -1.02. The van der Waals surface area contributed by atoms with Crippen LogP contribution in [0.5, 0.6) is 0 Å². The lowest BCUT2D eigenvalue weighted by molar-refractivity contribution is -0.143. The molecular formula is C15H24Cl2F3N3O. The van der Waals surface area contributed by atoms with E-state index in [0.717, 1.165) is 5.56 Å². The molecule has 1 aromatic carbocycles. The number of carbonyl (C=O) groups is 1. The van der Waals surface area contributed by atoms with Crippen LogP contribution in [-0.2, 0) is 4.79 Å². The van der Waals surface area contributed by atoms with Gasteiger partial charge in [0.2, 0.25) is 5.91 Å². The van der Waals surface area contributed by atoms with Crippen LogP contribution in [-0.4, -0.2) is 43.7 Å². The minimum Gasteiger partial charge on any atom is -0.356 e. The summed E-state index contributed by atoms with van der Waals surface area (Å²) in [6, 6.07) is 8.89. The Morgan fingerprint density at radius 2 is 1.83 bits per heavy atom. The lowest BCUT2D eigenvalue weighted by atomic mass is 10.0. The fourth-order valence-corrected chi connectivity index (χ4v) is 2.05. The molecule has 24 heavy (non-hydrogen) atoms. The molecule has 9 heteroatoms. The molecule has 0 saturated heterocycles. The summed E-state index contributed by atoms with van der Waals surface area (Å²) < 4.78 is 36.4. The highest BCUT2D eigenvalue weighted by Gasteiger charge is 2.28. The fraction of sp³-hybridized carbons (Fsp3) is 0.533. The predicted molar refractivity (Wildman–Crippen MR) is 93.7 cm³/mol. The van der Waals surface area contributed by atoms with Gasteiger partial charge in [0.25, 0.3) is 0 Å². The van der Waals surface area contributed by atoms with E-state index in [1.54, 1.807) is 0 Å². The number of hydrogen-bond acceptors (Lipinski definition) is 3. The van der Waals surface area contributed by atoms with Crippen LogP contribution in [0, 0.1) is 0 Å². The topological polar surface area (TPSA) is 58.4 Å². The highest BCUT2D eigenvalue weighted by Crippen LogP contribution is 2.15. The molecule has 1 unspecified atom stereocenters. The summed E-state index contributed by atoms with van der Waals surface area (Å²) >= 11 is 0. The summed E-state index contributed by atoms with van der Waals surface area (Å²) in [5, 5.41) is 2.67. The molecule has 4 nitrogen and oxygen atoms in total. The number of carbonyl (C=O) groups excluding carboxylic acids is 1. The van der Waals surface area contributed by atoms with E-state index in [2.05, 4.69) is 5.32 Å². The molecule has 0 spiro atoms. The molecule has 0 bridgehead atoms. The van der Waals surface area contributed by atoms with Crippen molar-refractivity contribution in [1.82, 2.24) is 10.2 Å². The van der Waals surface area contributed by atoms with Gasteiger partial charge >= 0.3 is 6.18 Å². The first-order chi connectivity index (χ1) is 10.3. The van der Waals surface area contributed by atoms with Crippen LogP contribution in [0.3, 0.4) is 0 Å². The second-order valence-corrected chi connectivity index (χ2v) is 5.28. The molecule has 0 radical (unpaired) electrons. The van der Waals surface area contributed by atoms with E-state index < -0.39 is 12.7 Å². The maximum absolute atomic E-state index is 12.1. The summed E-state index contributed by atoms with van der Waals surface area (Å²) in [6.45, 7) is -0.340. The van der Waals surface area contributed by atoms with Crippen molar-refractivity contribution in [2.45, 2.75) is 25.1 Å². The average molecular weight is 390 g/mol. The third-order valence-corrected chi connectivity index (χ3v) is 3.12. The van der Waals surface area contributed by atoms with Crippen LogP contribution in [0.15, 0.2) is 30.3 Å². The van der Waals surface area contributed by atoms with E-state index in [0.29, 0.717) is 13.0 Å². The number of hydrogen-bond donors (Lipinski definition) is 2. The summed E-state index contributed by atoms with van der Waals surface area (Å²) in [5.74, 6) is -0.199. The Kier molecular flexibility index (Phi) is 13.0. The Morgan fingerprint density at radius 3 is 2.38 bits per heavy atom. The molecule has 0 aliphatic heterocycles. The molecule has 1 aromatic rings. The van der Waals surface area contributed by atoms with Crippen molar-refractivity contribution in [2.75, 3.05) is 26.7 Å². The standard InChI is InChI=1S/C15H22F3N3O.2ClH/c1-21(11-15(16,17)18)9-5-8-20-14(22)10-13(19)12-6-3-2-4-7-12;;/h2-4,6-7,13H,5,8-11,19H2,1H3,(H,20,22);2*1H.